The van der Waals surface area contributed by atoms with Gasteiger partial charge in [0.2, 0.25) is 5.91 Å². The molecule has 0 unspecified atom stereocenters. The molecule has 1 N–H and O–H groups in total. The van der Waals surface area contributed by atoms with Crippen LogP contribution in [0.4, 0.5) is 0 Å². The Morgan fingerprint density at radius 3 is 2.72 bits per heavy atom. The van der Waals surface area contributed by atoms with Crippen molar-refractivity contribution in [3.63, 3.8) is 0 Å². The number of amides is 2. The Labute approximate surface area is 178 Å². The normalized spacial score (nSPS) is 19.1. The third kappa shape index (κ3) is 5.16. The molecule has 0 atom stereocenters. The van der Waals surface area contributed by atoms with Crippen molar-refractivity contribution in [2.24, 2.45) is 5.92 Å². The lowest BCUT2D eigenvalue weighted by Gasteiger charge is -2.30. The van der Waals surface area contributed by atoms with Gasteiger partial charge in [-0.3, -0.25) is 19.3 Å². The maximum atomic E-state index is 12.7. The highest BCUT2D eigenvalue weighted by Crippen LogP contribution is 2.33. The van der Waals surface area contributed by atoms with Crippen molar-refractivity contribution >= 4 is 52.2 Å². The summed E-state index contributed by atoms with van der Waals surface area (Å²) in [5.74, 6) is -0.781. The van der Waals surface area contributed by atoms with E-state index in [-0.39, 0.29) is 30.7 Å². The standard InChI is InChI=1S/C20H22N2O5S2/c1-27-15-4-2-3-13(11-15)12-16-18(24)22(20(28)29-16)10-7-17(23)21-8-5-14(6-9-21)19(25)26/h2-4,11-12,14H,5-10H2,1H3,(H,25,26)/b16-12-. The summed E-state index contributed by atoms with van der Waals surface area (Å²) < 4.78 is 5.63. The molecule has 0 radical (unpaired) electrons. The van der Waals surface area contributed by atoms with Crippen LogP contribution in [-0.2, 0) is 14.4 Å². The number of carbonyl (C=O) groups excluding carboxylic acids is 2. The number of rotatable bonds is 6. The first-order valence-electron chi connectivity index (χ1n) is 9.29. The topological polar surface area (TPSA) is 87.2 Å². The minimum atomic E-state index is -0.808. The number of piperidine rings is 1. The van der Waals surface area contributed by atoms with Gasteiger partial charge in [0.1, 0.15) is 10.1 Å². The van der Waals surface area contributed by atoms with Gasteiger partial charge in [-0.25, -0.2) is 0 Å². The number of benzene rings is 1. The molecule has 7 nitrogen and oxygen atoms in total. The molecule has 1 aromatic carbocycles. The highest BCUT2D eigenvalue weighted by atomic mass is 32.2. The SMILES string of the molecule is COc1cccc(/C=C2\SC(=S)N(CCC(=O)N3CCC(C(=O)O)CC3)C2=O)c1. The molecule has 1 aromatic rings. The maximum absolute atomic E-state index is 12.7. The van der Waals surface area contributed by atoms with Gasteiger partial charge in [-0.05, 0) is 36.6 Å². The second-order valence-corrected chi connectivity index (χ2v) is 8.53. The number of hydrogen-bond acceptors (Lipinski definition) is 6. The number of aliphatic carboxylic acids is 1. The Morgan fingerprint density at radius 1 is 1.34 bits per heavy atom. The fraction of sp³-hybridized carbons (Fsp3) is 0.400. The van der Waals surface area contributed by atoms with Gasteiger partial charge < -0.3 is 14.7 Å². The predicted octanol–water partition coefficient (Wildman–Crippen LogP) is 2.61. The average molecular weight is 435 g/mol. The Bertz CT molecular complexity index is 862. The van der Waals surface area contributed by atoms with Gasteiger partial charge in [0.05, 0.1) is 17.9 Å². The van der Waals surface area contributed by atoms with E-state index in [0.717, 1.165) is 5.56 Å². The first kappa shape index (κ1) is 21.3. The molecular formula is C20H22N2O5S2. The lowest BCUT2D eigenvalue weighted by atomic mass is 9.97. The van der Waals surface area contributed by atoms with Crippen LogP contribution in [-0.4, -0.2) is 63.8 Å². The summed E-state index contributed by atoms with van der Waals surface area (Å²) in [6, 6.07) is 7.38. The Hall–Kier alpha value is -2.39. The molecule has 0 bridgehead atoms. The summed E-state index contributed by atoms with van der Waals surface area (Å²) in [6.07, 6.45) is 2.85. The number of carbonyl (C=O) groups is 3. The molecule has 0 saturated carbocycles. The maximum Gasteiger partial charge on any atom is 0.306 e. The molecule has 9 heteroatoms. The fourth-order valence-electron chi connectivity index (χ4n) is 3.32. The van der Waals surface area contributed by atoms with E-state index in [2.05, 4.69) is 0 Å². The molecule has 2 aliphatic heterocycles. The van der Waals surface area contributed by atoms with Gasteiger partial charge in [-0.15, -0.1) is 0 Å². The Balaban J connectivity index is 1.57. The molecule has 2 heterocycles. The van der Waals surface area contributed by atoms with Crippen LogP contribution in [0.5, 0.6) is 5.75 Å². The Morgan fingerprint density at radius 2 is 2.07 bits per heavy atom. The highest BCUT2D eigenvalue weighted by Gasteiger charge is 2.33. The number of likely N-dealkylation sites (tertiary alicyclic amines) is 1. The molecule has 2 fully saturated rings. The van der Waals surface area contributed by atoms with Crippen molar-refractivity contribution in [1.29, 1.82) is 0 Å². The van der Waals surface area contributed by atoms with Crippen molar-refractivity contribution in [2.75, 3.05) is 26.7 Å². The molecule has 2 aliphatic rings. The van der Waals surface area contributed by atoms with E-state index in [4.69, 9.17) is 22.1 Å². The van der Waals surface area contributed by atoms with Gasteiger partial charge in [0.25, 0.3) is 5.91 Å². The summed E-state index contributed by atoms with van der Waals surface area (Å²) in [4.78, 5) is 39.8. The number of methoxy groups -OCH3 is 1. The van der Waals surface area contributed by atoms with Crippen molar-refractivity contribution in [1.82, 2.24) is 9.80 Å². The zero-order chi connectivity index (χ0) is 21.0. The summed E-state index contributed by atoms with van der Waals surface area (Å²) in [5, 5.41) is 9.05. The van der Waals surface area contributed by atoms with Gasteiger partial charge in [0, 0.05) is 26.1 Å². The van der Waals surface area contributed by atoms with Gasteiger partial charge in [-0.1, -0.05) is 36.1 Å². The molecule has 2 amide bonds. The van der Waals surface area contributed by atoms with E-state index in [1.54, 1.807) is 18.1 Å². The highest BCUT2D eigenvalue weighted by molar-refractivity contribution is 8.26. The van der Waals surface area contributed by atoms with E-state index < -0.39 is 5.97 Å². The average Bonchev–Trinajstić information content (AvgIpc) is 2.99. The number of nitrogens with zero attached hydrogens (tertiary/aromatic N) is 2. The van der Waals surface area contributed by atoms with Crippen LogP contribution in [0.1, 0.15) is 24.8 Å². The number of thioether (sulfide) groups is 1. The van der Waals surface area contributed by atoms with Crippen molar-refractivity contribution < 1.29 is 24.2 Å². The summed E-state index contributed by atoms with van der Waals surface area (Å²) in [5.41, 5.74) is 0.835. The monoisotopic (exact) mass is 434 g/mol. The lowest BCUT2D eigenvalue weighted by Crippen LogP contribution is -2.41. The minimum Gasteiger partial charge on any atom is -0.497 e. The van der Waals surface area contributed by atoms with Crippen LogP contribution in [0.2, 0.25) is 0 Å². The first-order valence-corrected chi connectivity index (χ1v) is 10.5. The van der Waals surface area contributed by atoms with Gasteiger partial charge >= 0.3 is 5.97 Å². The third-order valence-electron chi connectivity index (χ3n) is 5.01. The largest absolute Gasteiger partial charge is 0.497 e. The van der Waals surface area contributed by atoms with Crippen molar-refractivity contribution in [2.45, 2.75) is 19.3 Å². The predicted molar refractivity (Wildman–Crippen MR) is 114 cm³/mol. The lowest BCUT2D eigenvalue weighted by molar-refractivity contribution is -0.145. The van der Waals surface area contributed by atoms with E-state index in [1.165, 1.54) is 16.7 Å². The van der Waals surface area contributed by atoms with Crippen LogP contribution in [0.25, 0.3) is 6.08 Å². The molecule has 29 heavy (non-hydrogen) atoms. The van der Waals surface area contributed by atoms with Crippen molar-refractivity contribution in [3.8, 4) is 5.75 Å². The molecule has 0 spiro atoms. The van der Waals surface area contributed by atoms with E-state index in [9.17, 15) is 14.4 Å². The quantitative estimate of drug-likeness (QED) is 0.544. The van der Waals surface area contributed by atoms with Crippen LogP contribution in [0.3, 0.4) is 0 Å². The van der Waals surface area contributed by atoms with Crippen LogP contribution < -0.4 is 4.74 Å². The van der Waals surface area contributed by atoms with E-state index in [1.807, 2.05) is 24.3 Å². The van der Waals surface area contributed by atoms with Gasteiger partial charge in [0.15, 0.2) is 0 Å². The summed E-state index contributed by atoms with van der Waals surface area (Å²) in [7, 11) is 1.58. The smallest absolute Gasteiger partial charge is 0.306 e. The van der Waals surface area contributed by atoms with Gasteiger partial charge in [-0.2, -0.15) is 0 Å². The van der Waals surface area contributed by atoms with Crippen molar-refractivity contribution in [3.05, 3.63) is 34.7 Å². The number of carboxylic acid groups (broad SMARTS) is 1. The zero-order valence-electron chi connectivity index (χ0n) is 16.0. The molecule has 0 aromatic heterocycles. The molecule has 0 aliphatic carbocycles. The zero-order valence-corrected chi connectivity index (χ0v) is 17.6. The van der Waals surface area contributed by atoms with E-state index in [0.29, 0.717) is 40.9 Å². The summed E-state index contributed by atoms with van der Waals surface area (Å²) >= 11 is 6.54. The number of carboxylic acids is 1. The fourth-order valence-corrected chi connectivity index (χ4v) is 4.63. The number of ether oxygens (including phenoxy) is 1. The van der Waals surface area contributed by atoms with E-state index >= 15 is 0 Å². The second kappa shape index (κ2) is 9.41. The Kier molecular flexibility index (Phi) is 6.92. The second-order valence-electron chi connectivity index (χ2n) is 6.85. The van der Waals surface area contributed by atoms with Crippen LogP contribution in [0, 0.1) is 5.92 Å². The summed E-state index contributed by atoms with van der Waals surface area (Å²) in [6.45, 7) is 1.09. The molecule has 2 saturated heterocycles. The molecular weight excluding hydrogens is 412 g/mol. The third-order valence-corrected chi connectivity index (χ3v) is 6.39. The van der Waals surface area contributed by atoms with Crippen LogP contribution in [0.15, 0.2) is 29.2 Å². The molecule has 154 valence electrons. The number of hydrogen-bond donors (Lipinski definition) is 1. The van der Waals surface area contributed by atoms with Crippen LogP contribution >= 0.6 is 24.0 Å². The number of thiocarbonyl (C=S) groups is 1. The molecule has 3 rings (SSSR count). The minimum absolute atomic E-state index is 0.0836. The first-order chi connectivity index (χ1) is 13.9.